The summed E-state index contributed by atoms with van der Waals surface area (Å²) < 4.78 is 7.71. The lowest BCUT2D eigenvalue weighted by Gasteiger charge is -2.25. The standard InChI is InChI=1S/C26H27BrN4O4/c1-3-5-6-13-29(25-14-20(26(32)35-4-2)9-12-24(25)31(33)34)17-19-7-10-22(11-8-19)30-18-21(27)15-23(30)16-28/h7-12,14-15,18H,3-6,13,17H2,1-2H3. The third kappa shape index (κ3) is 6.49. The molecule has 0 aliphatic heterocycles. The number of nitriles is 1. The first-order chi connectivity index (χ1) is 16.9. The fourth-order valence-electron chi connectivity index (χ4n) is 3.82. The highest BCUT2D eigenvalue weighted by molar-refractivity contribution is 9.10. The van der Waals surface area contributed by atoms with E-state index in [1.807, 2.05) is 35.4 Å². The molecule has 3 aromatic rings. The van der Waals surface area contributed by atoms with Crippen molar-refractivity contribution in [3.8, 4) is 11.8 Å². The van der Waals surface area contributed by atoms with Gasteiger partial charge >= 0.3 is 5.97 Å². The molecule has 0 fully saturated rings. The van der Waals surface area contributed by atoms with Gasteiger partial charge in [-0.25, -0.2) is 4.79 Å². The van der Waals surface area contributed by atoms with Crippen molar-refractivity contribution in [2.45, 2.75) is 39.7 Å². The van der Waals surface area contributed by atoms with E-state index in [2.05, 4.69) is 28.9 Å². The zero-order chi connectivity index (χ0) is 25.4. The van der Waals surface area contributed by atoms with Gasteiger partial charge in [-0.2, -0.15) is 5.26 Å². The molecule has 0 bridgehead atoms. The van der Waals surface area contributed by atoms with Gasteiger partial charge in [0.1, 0.15) is 17.5 Å². The number of ether oxygens (including phenoxy) is 1. The highest BCUT2D eigenvalue weighted by atomic mass is 79.9. The van der Waals surface area contributed by atoms with E-state index < -0.39 is 10.9 Å². The van der Waals surface area contributed by atoms with Crippen LogP contribution in [0.1, 0.15) is 54.7 Å². The van der Waals surface area contributed by atoms with Gasteiger partial charge in [0, 0.05) is 35.5 Å². The van der Waals surface area contributed by atoms with E-state index in [4.69, 9.17) is 4.74 Å². The first-order valence-electron chi connectivity index (χ1n) is 11.5. The van der Waals surface area contributed by atoms with Crippen LogP contribution in [0.3, 0.4) is 0 Å². The average molecular weight is 539 g/mol. The van der Waals surface area contributed by atoms with Crippen LogP contribution in [0.4, 0.5) is 11.4 Å². The fourth-order valence-corrected chi connectivity index (χ4v) is 4.24. The van der Waals surface area contributed by atoms with Gasteiger partial charge in [-0.1, -0.05) is 31.9 Å². The van der Waals surface area contributed by atoms with Crippen LogP contribution in [0, 0.1) is 21.4 Å². The van der Waals surface area contributed by atoms with Gasteiger partial charge in [-0.3, -0.25) is 10.1 Å². The molecule has 0 atom stereocenters. The summed E-state index contributed by atoms with van der Waals surface area (Å²) in [5.41, 5.74) is 2.92. The Morgan fingerprint density at radius 2 is 1.91 bits per heavy atom. The second-order valence-electron chi connectivity index (χ2n) is 8.00. The third-order valence-electron chi connectivity index (χ3n) is 5.54. The SMILES string of the molecule is CCCCCN(Cc1ccc(-n2cc(Br)cc2C#N)cc1)c1cc(C(=O)OCC)ccc1[N+](=O)[O-]. The molecule has 0 aliphatic carbocycles. The molecular formula is C26H27BrN4O4. The zero-order valence-electron chi connectivity index (χ0n) is 19.7. The lowest BCUT2D eigenvalue weighted by Crippen LogP contribution is -2.25. The van der Waals surface area contributed by atoms with Gasteiger partial charge in [-0.05, 0) is 65.2 Å². The molecule has 2 aromatic carbocycles. The molecule has 0 unspecified atom stereocenters. The summed E-state index contributed by atoms with van der Waals surface area (Å²) in [6.07, 6.45) is 4.69. The minimum Gasteiger partial charge on any atom is -0.462 e. The lowest BCUT2D eigenvalue weighted by molar-refractivity contribution is -0.384. The highest BCUT2D eigenvalue weighted by Crippen LogP contribution is 2.31. The molecule has 0 aliphatic rings. The van der Waals surface area contributed by atoms with Crippen LogP contribution in [0.5, 0.6) is 0 Å². The Morgan fingerprint density at radius 3 is 2.54 bits per heavy atom. The van der Waals surface area contributed by atoms with Crippen molar-refractivity contribution in [3.63, 3.8) is 0 Å². The molecule has 0 amide bonds. The maximum absolute atomic E-state index is 12.3. The first kappa shape index (κ1) is 26.0. The second kappa shape index (κ2) is 12.2. The molecule has 0 saturated heterocycles. The Hall–Kier alpha value is -3.64. The van der Waals surface area contributed by atoms with Gasteiger partial charge in [0.25, 0.3) is 5.69 Å². The summed E-state index contributed by atoms with van der Waals surface area (Å²) in [6.45, 7) is 5.07. The molecule has 1 aromatic heterocycles. The van der Waals surface area contributed by atoms with E-state index in [9.17, 15) is 20.2 Å². The number of anilines is 1. The summed E-state index contributed by atoms with van der Waals surface area (Å²) in [6, 6.07) is 16.0. The number of benzene rings is 2. The van der Waals surface area contributed by atoms with E-state index in [0.29, 0.717) is 24.5 Å². The number of unbranched alkanes of at least 4 members (excludes halogenated alkanes) is 2. The minimum absolute atomic E-state index is 0.0537. The summed E-state index contributed by atoms with van der Waals surface area (Å²) >= 11 is 3.40. The monoisotopic (exact) mass is 538 g/mol. The molecule has 1 heterocycles. The van der Waals surface area contributed by atoms with Crippen LogP contribution in [-0.2, 0) is 11.3 Å². The molecule has 0 radical (unpaired) electrons. The van der Waals surface area contributed by atoms with Gasteiger partial charge in [0.2, 0.25) is 0 Å². The van der Waals surface area contributed by atoms with E-state index in [1.165, 1.54) is 12.1 Å². The highest BCUT2D eigenvalue weighted by Gasteiger charge is 2.22. The smallest absolute Gasteiger partial charge is 0.338 e. The van der Waals surface area contributed by atoms with Crippen LogP contribution < -0.4 is 4.90 Å². The maximum Gasteiger partial charge on any atom is 0.338 e. The number of carbonyl (C=O) groups is 1. The lowest BCUT2D eigenvalue weighted by atomic mass is 10.1. The van der Waals surface area contributed by atoms with Gasteiger partial charge in [-0.15, -0.1) is 0 Å². The number of halogens is 1. The third-order valence-corrected chi connectivity index (χ3v) is 5.98. The van der Waals surface area contributed by atoms with Crippen molar-refractivity contribution in [1.82, 2.24) is 4.57 Å². The number of esters is 1. The number of carbonyl (C=O) groups excluding carboxylic acids is 1. The van der Waals surface area contributed by atoms with E-state index in [-0.39, 0.29) is 17.9 Å². The van der Waals surface area contributed by atoms with Crippen molar-refractivity contribution >= 4 is 33.3 Å². The van der Waals surface area contributed by atoms with Crippen LogP contribution in [0.15, 0.2) is 59.2 Å². The molecule has 0 spiro atoms. The first-order valence-corrected chi connectivity index (χ1v) is 12.2. The van der Waals surface area contributed by atoms with Gasteiger partial charge < -0.3 is 14.2 Å². The van der Waals surface area contributed by atoms with Gasteiger partial charge in [0.05, 0.1) is 17.1 Å². The quantitative estimate of drug-likeness (QED) is 0.121. The molecule has 0 saturated carbocycles. The Bertz CT molecular complexity index is 1230. The van der Waals surface area contributed by atoms with Crippen LogP contribution >= 0.6 is 15.9 Å². The summed E-state index contributed by atoms with van der Waals surface area (Å²) in [7, 11) is 0. The van der Waals surface area contributed by atoms with Crippen molar-refractivity contribution in [1.29, 1.82) is 5.26 Å². The Labute approximate surface area is 213 Å². The Kier molecular flexibility index (Phi) is 9.04. The topological polar surface area (TPSA) is 101 Å². The molecule has 3 rings (SSSR count). The number of nitro groups is 1. The van der Waals surface area contributed by atoms with E-state index in [0.717, 1.165) is 35.0 Å². The second-order valence-corrected chi connectivity index (χ2v) is 8.92. The maximum atomic E-state index is 12.3. The minimum atomic E-state index is -0.507. The van der Waals surface area contributed by atoms with Crippen LogP contribution in [-0.4, -0.2) is 28.6 Å². The summed E-state index contributed by atoms with van der Waals surface area (Å²) in [5, 5.41) is 21.2. The predicted molar refractivity (Wildman–Crippen MR) is 138 cm³/mol. The van der Waals surface area contributed by atoms with Crippen molar-refractivity contribution in [2.75, 3.05) is 18.1 Å². The number of nitrogens with zero attached hydrogens (tertiary/aromatic N) is 4. The van der Waals surface area contributed by atoms with Crippen LogP contribution in [0.25, 0.3) is 5.69 Å². The number of nitro benzene ring substituents is 1. The van der Waals surface area contributed by atoms with E-state index in [1.54, 1.807) is 23.6 Å². The molecule has 9 heteroatoms. The number of rotatable bonds is 11. The molecular weight excluding hydrogens is 512 g/mol. The van der Waals surface area contributed by atoms with Gasteiger partial charge in [0.15, 0.2) is 0 Å². The van der Waals surface area contributed by atoms with Crippen LogP contribution in [0.2, 0.25) is 0 Å². The largest absolute Gasteiger partial charge is 0.462 e. The molecule has 35 heavy (non-hydrogen) atoms. The van der Waals surface area contributed by atoms with Crippen molar-refractivity contribution in [3.05, 3.63) is 86.1 Å². The number of hydrogen-bond donors (Lipinski definition) is 0. The Balaban J connectivity index is 1.95. The fraction of sp³-hybridized carbons (Fsp3) is 0.308. The molecule has 0 N–H and O–H groups in total. The Morgan fingerprint density at radius 1 is 1.17 bits per heavy atom. The van der Waals surface area contributed by atoms with E-state index >= 15 is 0 Å². The average Bonchev–Trinajstić information content (AvgIpc) is 3.24. The normalized spacial score (nSPS) is 10.6. The van der Waals surface area contributed by atoms with Crippen molar-refractivity contribution in [2.24, 2.45) is 0 Å². The predicted octanol–water partition coefficient (Wildman–Crippen LogP) is 6.39. The molecule has 8 nitrogen and oxygen atoms in total. The van der Waals surface area contributed by atoms with Crippen molar-refractivity contribution < 1.29 is 14.5 Å². The molecule has 182 valence electrons. The zero-order valence-corrected chi connectivity index (χ0v) is 21.3. The summed E-state index contributed by atoms with van der Waals surface area (Å²) in [5.74, 6) is -0.507. The summed E-state index contributed by atoms with van der Waals surface area (Å²) in [4.78, 5) is 25.6. The number of hydrogen-bond acceptors (Lipinski definition) is 6. The number of aromatic nitrogens is 1.